The largest absolute Gasteiger partial charge is 0.327 e. The van der Waals surface area contributed by atoms with Crippen molar-refractivity contribution in [2.24, 2.45) is 0 Å². The Labute approximate surface area is 133 Å². The molecule has 0 amide bonds. The Morgan fingerprint density at radius 2 is 1.81 bits per heavy atom. The van der Waals surface area contributed by atoms with Gasteiger partial charge in [-0.15, -0.1) is 0 Å². The van der Waals surface area contributed by atoms with E-state index < -0.39 is 0 Å². The molecule has 0 bridgehead atoms. The van der Waals surface area contributed by atoms with E-state index in [1.807, 2.05) is 12.1 Å². The van der Waals surface area contributed by atoms with Crippen LogP contribution in [0.3, 0.4) is 0 Å². The fraction of sp³-hybridized carbons (Fsp3) is 0.235. The standard InChI is InChI=1S/C17H18BrN3/c1-2-21-16-10-6-5-9-15(16)20-17(21)12-19-11-13-7-3-4-8-14(13)18/h3-10,19H,2,11-12H2,1H3. The minimum Gasteiger partial charge on any atom is -0.327 e. The second kappa shape index (κ2) is 6.41. The Morgan fingerprint density at radius 3 is 2.62 bits per heavy atom. The van der Waals surface area contributed by atoms with Crippen molar-refractivity contribution in [3.05, 3.63) is 64.4 Å². The molecule has 0 aliphatic heterocycles. The SMILES string of the molecule is CCn1c(CNCc2ccccc2Br)nc2ccccc21. The lowest BCUT2D eigenvalue weighted by Crippen LogP contribution is -2.16. The summed E-state index contributed by atoms with van der Waals surface area (Å²) in [6.45, 7) is 4.69. The average molecular weight is 344 g/mol. The van der Waals surface area contributed by atoms with Gasteiger partial charge in [-0.05, 0) is 30.7 Å². The summed E-state index contributed by atoms with van der Waals surface area (Å²) in [6, 6.07) is 16.6. The smallest absolute Gasteiger partial charge is 0.123 e. The first-order valence-electron chi connectivity index (χ1n) is 7.18. The van der Waals surface area contributed by atoms with E-state index >= 15 is 0 Å². The molecular formula is C17H18BrN3. The third kappa shape index (κ3) is 3.01. The number of hydrogen-bond donors (Lipinski definition) is 1. The van der Waals surface area contributed by atoms with Crippen molar-refractivity contribution < 1.29 is 0 Å². The van der Waals surface area contributed by atoms with E-state index in [1.165, 1.54) is 11.1 Å². The minimum absolute atomic E-state index is 0.768. The molecule has 3 nitrogen and oxygen atoms in total. The predicted molar refractivity (Wildman–Crippen MR) is 90.1 cm³/mol. The number of benzene rings is 2. The summed E-state index contributed by atoms with van der Waals surface area (Å²) in [4.78, 5) is 4.73. The molecule has 0 spiro atoms. The first-order valence-corrected chi connectivity index (χ1v) is 7.97. The van der Waals surface area contributed by atoms with Crippen LogP contribution in [0.4, 0.5) is 0 Å². The first-order chi connectivity index (χ1) is 10.3. The molecule has 108 valence electrons. The lowest BCUT2D eigenvalue weighted by molar-refractivity contribution is 0.620. The molecule has 1 aromatic heterocycles. The highest BCUT2D eigenvalue weighted by molar-refractivity contribution is 9.10. The van der Waals surface area contributed by atoms with Crippen LogP contribution in [-0.4, -0.2) is 9.55 Å². The molecule has 0 aliphatic rings. The van der Waals surface area contributed by atoms with Gasteiger partial charge in [-0.3, -0.25) is 0 Å². The third-order valence-electron chi connectivity index (χ3n) is 3.61. The highest BCUT2D eigenvalue weighted by atomic mass is 79.9. The number of aromatic nitrogens is 2. The van der Waals surface area contributed by atoms with Gasteiger partial charge in [-0.2, -0.15) is 0 Å². The molecule has 0 unspecified atom stereocenters. The van der Waals surface area contributed by atoms with E-state index in [1.54, 1.807) is 0 Å². The summed E-state index contributed by atoms with van der Waals surface area (Å²) in [7, 11) is 0. The molecular weight excluding hydrogens is 326 g/mol. The summed E-state index contributed by atoms with van der Waals surface area (Å²) < 4.78 is 3.41. The topological polar surface area (TPSA) is 29.9 Å². The van der Waals surface area contributed by atoms with E-state index in [4.69, 9.17) is 4.98 Å². The van der Waals surface area contributed by atoms with Gasteiger partial charge < -0.3 is 9.88 Å². The van der Waals surface area contributed by atoms with Crippen LogP contribution in [0.1, 0.15) is 18.3 Å². The zero-order valence-electron chi connectivity index (χ0n) is 12.0. The molecule has 3 aromatic rings. The van der Waals surface area contributed by atoms with Crippen molar-refractivity contribution in [1.29, 1.82) is 0 Å². The molecule has 0 aliphatic carbocycles. The van der Waals surface area contributed by atoms with E-state index in [0.717, 1.165) is 35.4 Å². The highest BCUT2D eigenvalue weighted by Gasteiger charge is 2.08. The van der Waals surface area contributed by atoms with Crippen LogP contribution >= 0.6 is 15.9 Å². The number of nitrogens with zero attached hydrogens (tertiary/aromatic N) is 2. The first kappa shape index (κ1) is 14.3. The summed E-state index contributed by atoms with van der Waals surface area (Å²) >= 11 is 3.58. The van der Waals surface area contributed by atoms with Gasteiger partial charge in [0.2, 0.25) is 0 Å². The van der Waals surface area contributed by atoms with Gasteiger partial charge >= 0.3 is 0 Å². The maximum Gasteiger partial charge on any atom is 0.123 e. The molecule has 0 saturated carbocycles. The molecule has 21 heavy (non-hydrogen) atoms. The number of aryl methyl sites for hydroxylation is 1. The Balaban J connectivity index is 1.75. The van der Waals surface area contributed by atoms with E-state index in [-0.39, 0.29) is 0 Å². The molecule has 1 N–H and O–H groups in total. The van der Waals surface area contributed by atoms with Crippen LogP contribution < -0.4 is 5.32 Å². The summed E-state index contributed by atoms with van der Waals surface area (Å²) in [6.07, 6.45) is 0. The monoisotopic (exact) mass is 343 g/mol. The van der Waals surface area contributed by atoms with E-state index in [0.29, 0.717) is 0 Å². The minimum atomic E-state index is 0.768. The molecule has 3 rings (SSSR count). The number of nitrogens with one attached hydrogen (secondary N) is 1. The van der Waals surface area contributed by atoms with E-state index in [2.05, 4.69) is 69.1 Å². The Bertz CT molecular complexity index is 749. The van der Waals surface area contributed by atoms with Gasteiger partial charge in [-0.1, -0.05) is 46.3 Å². The van der Waals surface area contributed by atoms with Gasteiger partial charge in [0, 0.05) is 17.6 Å². The normalized spacial score (nSPS) is 11.1. The fourth-order valence-electron chi connectivity index (χ4n) is 2.56. The summed E-state index contributed by atoms with van der Waals surface area (Å²) in [5.41, 5.74) is 3.53. The fourth-order valence-corrected chi connectivity index (χ4v) is 2.99. The van der Waals surface area contributed by atoms with Crippen LogP contribution in [0, 0.1) is 0 Å². The predicted octanol–water partition coefficient (Wildman–Crippen LogP) is 4.11. The van der Waals surface area contributed by atoms with Crippen LogP contribution in [0.25, 0.3) is 11.0 Å². The van der Waals surface area contributed by atoms with Crippen molar-refractivity contribution in [3.63, 3.8) is 0 Å². The Hall–Kier alpha value is -1.65. The second-order valence-electron chi connectivity index (χ2n) is 4.96. The van der Waals surface area contributed by atoms with E-state index in [9.17, 15) is 0 Å². The highest BCUT2D eigenvalue weighted by Crippen LogP contribution is 2.17. The Morgan fingerprint density at radius 1 is 1.05 bits per heavy atom. The maximum atomic E-state index is 4.73. The van der Waals surface area contributed by atoms with Gasteiger partial charge in [0.1, 0.15) is 5.82 Å². The number of fused-ring (bicyclic) bond motifs is 1. The van der Waals surface area contributed by atoms with Crippen molar-refractivity contribution in [2.75, 3.05) is 0 Å². The summed E-state index contributed by atoms with van der Waals surface area (Å²) in [5.74, 6) is 1.09. The number of hydrogen-bond acceptors (Lipinski definition) is 2. The van der Waals surface area contributed by atoms with Crippen molar-refractivity contribution in [3.8, 4) is 0 Å². The third-order valence-corrected chi connectivity index (χ3v) is 4.38. The molecule has 1 heterocycles. The lowest BCUT2D eigenvalue weighted by Gasteiger charge is -2.08. The lowest BCUT2D eigenvalue weighted by atomic mass is 10.2. The van der Waals surface area contributed by atoms with Crippen LogP contribution in [0.5, 0.6) is 0 Å². The van der Waals surface area contributed by atoms with Crippen LogP contribution in [0.15, 0.2) is 53.0 Å². The van der Waals surface area contributed by atoms with Gasteiger partial charge in [0.15, 0.2) is 0 Å². The molecule has 0 atom stereocenters. The number of imidazole rings is 1. The summed E-state index contributed by atoms with van der Waals surface area (Å²) in [5, 5.41) is 3.48. The van der Waals surface area contributed by atoms with Gasteiger partial charge in [0.05, 0.1) is 17.6 Å². The number of halogens is 1. The van der Waals surface area contributed by atoms with Gasteiger partial charge in [0.25, 0.3) is 0 Å². The second-order valence-corrected chi connectivity index (χ2v) is 5.81. The van der Waals surface area contributed by atoms with Crippen molar-refractivity contribution in [1.82, 2.24) is 14.9 Å². The molecule has 4 heteroatoms. The van der Waals surface area contributed by atoms with Crippen LogP contribution in [0.2, 0.25) is 0 Å². The molecule has 0 saturated heterocycles. The number of para-hydroxylation sites is 2. The molecule has 0 fully saturated rings. The van der Waals surface area contributed by atoms with Gasteiger partial charge in [-0.25, -0.2) is 4.98 Å². The van der Waals surface area contributed by atoms with Crippen LogP contribution in [-0.2, 0) is 19.6 Å². The number of rotatable bonds is 5. The molecule has 2 aromatic carbocycles. The zero-order valence-corrected chi connectivity index (χ0v) is 13.6. The quantitative estimate of drug-likeness (QED) is 0.755. The molecule has 0 radical (unpaired) electrons. The maximum absolute atomic E-state index is 4.73. The van der Waals surface area contributed by atoms with Crippen molar-refractivity contribution in [2.45, 2.75) is 26.6 Å². The zero-order chi connectivity index (χ0) is 14.7. The van der Waals surface area contributed by atoms with Crippen molar-refractivity contribution >= 4 is 27.0 Å². The average Bonchev–Trinajstić information content (AvgIpc) is 2.86. The Kier molecular flexibility index (Phi) is 4.36.